The summed E-state index contributed by atoms with van der Waals surface area (Å²) < 4.78 is 25.8. The predicted octanol–water partition coefficient (Wildman–Crippen LogP) is 3.59. The summed E-state index contributed by atoms with van der Waals surface area (Å²) >= 11 is 1.31. The van der Waals surface area contributed by atoms with Gasteiger partial charge in [-0.1, -0.05) is 11.8 Å². The molecule has 1 unspecified atom stereocenters. The SMILES string of the molecule is Cc1cc(C(=O)CSc2nc3c(cc2C#N)CCCC3)c(C)n1C1CCS(=O)(=O)C1. The van der Waals surface area contributed by atoms with Crippen LogP contribution in [-0.4, -0.2) is 41.0 Å². The Balaban J connectivity index is 1.53. The number of pyridine rings is 1. The highest BCUT2D eigenvalue weighted by Gasteiger charge is 2.31. The summed E-state index contributed by atoms with van der Waals surface area (Å²) in [6, 6.07) is 5.91. The molecule has 158 valence electrons. The minimum absolute atomic E-state index is 0.0244. The minimum atomic E-state index is -3.00. The molecule has 0 bridgehead atoms. The van der Waals surface area contributed by atoms with Crippen molar-refractivity contribution in [3.05, 3.63) is 45.9 Å². The lowest BCUT2D eigenvalue weighted by molar-refractivity contribution is 0.102. The Kier molecular flexibility index (Phi) is 5.78. The van der Waals surface area contributed by atoms with Crippen LogP contribution in [0.25, 0.3) is 0 Å². The smallest absolute Gasteiger partial charge is 0.174 e. The third-order valence-electron chi connectivity index (χ3n) is 6.08. The lowest BCUT2D eigenvalue weighted by Crippen LogP contribution is -2.14. The quantitative estimate of drug-likeness (QED) is 0.518. The summed E-state index contributed by atoms with van der Waals surface area (Å²) in [6.45, 7) is 3.80. The molecule has 4 rings (SSSR count). The van der Waals surface area contributed by atoms with Crippen LogP contribution in [0.5, 0.6) is 0 Å². The molecule has 2 aliphatic rings. The van der Waals surface area contributed by atoms with Gasteiger partial charge in [-0.25, -0.2) is 13.4 Å². The van der Waals surface area contributed by atoms with Crippen LogP contribution in [0, 0.1) is 25.2 Å². The van der Waals surface area contributed by atoms with Crippen LogP contribution in [0.1, 0.15) is 63.9 Å². The number of sulfone groups is 1. The monoisotopic (exact) mass is 443 g/mol. The molecule has 3 heterocycles. The van der Waals surface area contributed by atoms with Crippen LogP contribution in [0.15, 0.2) is 17.2 Å². The van der Waals surface area contributed by atoms with Gasteiger partial charge < -0.3 is 4.57 Å². The van der Waals surface area contributed by atoms with Crippen molar-refractivity contribution in [1.82, 2.24) is 9.55 Å². The molecule has 1 fully saturated rings. The maximum atomic E-state index is 13.0. The first kappa shape index (κ1) is 21.1. The molecule has 1 atom stereocenters. The fourth-order valence-corrected chi connectivity index (χ4v) is 7.17. The highest BCUT2D eigenvalue weighted by atomic mass is 32.2. The van der Waals surface area contributed by atoms with Gasteiger partial charge >= 0.3 is 0 Å². The highest BCUT2D eigenvalue weighted by Crippen LogP contribution is 2.31. The molecule has 1 aliphatic heterocycles. The van der Waals surface area contributed by atoms with Crippen LogP contribution in [0.4, 0.5) is 0 Å². The van der Waals surface area contributed by atoms with Gasteiger partial charge in [0.05, 0.1) is 22.8 Å². The second kappa shape index (κ2) is 8.20. The number of nitriles is 1. The van der Waals surface area contributed by atoms with Crippen LogP contribution in [0.2, 0.25) is 0 Å². The average molecular weight is 444 g/mol. The van der Waals surface area contributed by atoms with Gasteiger partial charge in [-0.2, -0.15) is 5.26 Å². The lowest BCUT2D eigenvalue weighted by atomic mass is 9.95. The number of thioether (sulfide) groups is 1. The van der Waals surface area contributed by atoms with Gasteiger partial charge in [0.1, 0.15) is 11.1 Å². The zero-order chi connectivity index (χ0) is 21.5. The van der Waals surface area contributed by atoms with Crippen LogP contribution in [-0.2, 0) is 22.7 Å². The summed E-state index contributed by atoms with van der Waals surface area (Å²) in [5.74, 6) is 0.516. The Morgan fingerprint density at radius 3 is 2.77 bits per heavy atom. The molecule has 2 aromatic heterocycles. The molecule has 0 aromatic carbocycles. The molecule has 0 N–H and O–H groups in total. The van der Waals surface area contributed by atoms with E-state index in [1.165, 1.54) is 11.8 Å². The zero-order valence-corrected chi connectivity index (χ0v) is 18.9. The van der Waals surface area contributed by atoms with Crippen molar-refractivity contribution >= 4 is 27.4 Å². The van der Waals surface area contributed by atoms with Crippen molar-refractivity contribution < 1.29 is 13.2 Å². The van der Waals surface area contributed by atoms with E-state index < -0.39 is 9.84 Å². The lowest BCUT2D eigenvalue weighted by Gasteiger charge is -2.17. The summed E-state index contributed by atoms with van der Waals surface area (Å²) in [4.78, 5) is 17.7. The number of ketones is 1. The van der Waals surface area contributed by atoms with E-state index in [0.29, 0.717) is 22.6 Å². The Labute approximate surface area is 181 Å². The maximum absolute atomic E-state index is 13.0. The Morgan fingerprint density at radius 1 is 1.30 bits per heavy atom. The van der Waals surface area contributed by atoms with Gasteiger partial charge in [0, 0.05) is 28.7 Å². The Bertz CT molecular complexity index is 1160. The molecule has 1 aliphatic carbocycles. The fraction of sp³-hybridized carbons (Fsp3) is 0.500. The first-order chi connectivity index (χ1) is 14.3. The van der Waals surface area contributed by atoms with Gasteiger partial charge in [-0.05, 0) is 63.6 Å². The second-order valence-corrected chi connectivity index (χ2v) is 11.4. The summed E-state index contributed by atoms with van der Waals surface area (Å²) in [5.41, 5.74) is 5.10. The van der Waals surface area contributed by atoms with E-state index in [2.05, 4.69) is 6.07 Å². The van der Waals surface area contributed by atoms with E-state index in [9.17, 15) is 18.5 Å². The summed E-state index contributed by atoms with van der Waals surface area (Å²) in [5, 5.41) is 10.1. The maximum Gasteiger partial charge on any atom is 0.174 e. The van der Waals surface area contributed by atoms with E-state index in [0.717, 1.165) is 48.3 Å². The standard InChI is InChI=1S/C22H25N3O3S2/c1-14-9-19(15(2)25(14)18-7-8-30(27,28)13-18)21(26)12-29-22-17(11-23)10-16-5-3-4-6-20(16)24-22/h9-10,18H,3-8,12-13H2,1-2H3. The van der Waals surface area contributed by atoms with E-state index >= 15 is 0 Å². The number of aromatic nitrogens is 2. The number of hydrogen-bond acceptors (Lipinski definition) is 6. The Morgan fingerprint density at radius 2 is 2.07 bits per heavy atom. The van der Waals surface area contributed by atoms with E-state index in [4.69, 9.17) is 4.98 Å². The number of fused-ring (bicyclic) bond motifs is 1. The second-order valence-electron chi connectivity index (χ2n) is 8.19. The van der Waals surface area contributed by atoms with Crippen molar-refractivity contribution in [1.29, 1.82) is 5.26 Å². The molecule has 1 saturated heterocycles. The molecule has 0 spiro atoms. The van der Waals surface area contributed by atoms with Crippen LogP contribution < -0.4 is 0 Å². The first-order valence-electron chi connectivity index (χ1n) is 10.3. The molecule has 0 saturated carbocycles. The predicted molar refractivity (Wildman–Crippen MR) is 117 cm³/mol. The largest absolute Gasteiger partial charge is 0.344 e. The molecule has 0 amide bonds. The fourth-order valence-electron chi connectivity index (χ4n) is 4.62. The normalized spacial score (nSPS) is 20.0. The minimum Gasteiger partial charge on any atom is -0.344 e. The van der Waals surface area contributed by atoms with Crippen molar-refractivity contribution in [3.63, 3.8) is 0 Å². The third-order valence-corrected chi connectivity index (χ3v) is 8.83. The number of rotatable bonds is 5. The molecule has 6 nitrogen and oxygen atoms in total. The zero-order valence-electron chi connectivity index (χ0n) is 17.3. The van der Waals surface area contributed by atoms with Gasteiger partial charge in [-0.15, -0.1) is 0 Å². The average Bonchev–Trinajstić information content (AvgIpc) is 3.22. The molecular formula is C22H25N3O3S2. The number of nitrogens with zero attached hydrogens (tertiary/aromatic N) is 3. The third kappa shape index (κ3) is 4.06. The van der Waals surface area contributed by atoms with Crippen LogP contribution >= 0.6 is 11.8 Å². The van der Waals surface area contributed by atoms with Crippen molar-refractivity contribution in [2.45, 2.75) is 57.0 Å². The first-order valence-corrected chi connectivity index (χ1v) is 13.1. The molecule has 8 heteroatoms. The number of Topliss-reactive ketones (excluding diaryl/α,β-unsaturated/α-hetero) is 1. The summed E-state index contributed by atoms with van der Waals surface area (Å²) in [7, 11) is -3.00. The van der Waals surface area contributed by atoms with Gasteiger partial charge in [0.15, 0.2) is 15.6 Å². The van der Waals surface area contributed by atoms with Gasteiger partial charge in [0.2, 0.25) is 0 Å². The Hall–Kier alpha value is -2.11. The van der Waals surface area contributed by atoms with Gasteiger partial charge in [-0.3, -0.25) is 4.79 Å². The van der Waals surface area contributed by atoms with E-state index in [-0.39, 0.29) is 29.1 Å². The number of carbonyl (C=O) groups excluding carboxylic acids is 1. The molecule has 2 aromatic rings. The van der Waals surface area contributed by atoms with Crippen molar-refractivity contribution in [3.8, 4) is 6.07 Å². The number of carbonyl (C=O) groups is 1. The van der Waals surface area contributed by atoms with E-state index in [1.807, 2.05) is 30.5 Å². The molecular weight excluding hydrogens is 418 g/mol. The van der Waals surface area contributed by atoms with Crippen molar-refractivity contribution in [2.75, 3.05) is 17.3 Å². The van der Waals surface area contributed by atoms with Crippen molar-refractivity contribution in [2.24, 2.45) is 0 Å². The van der Waals surface area contributed by atoms with E-state index in [1.54, 1.807) is 0 Å². The number of aryl methyl sites for hydroxylation is 3. The molecule has 0 radical (unpaired) electrons. The highest BCUT2D eigenvalue weighted by molar-refractivity contribution is 8.00. The summed E-state index contributed by atoms with van der Waals surface area (Å²) in [6.07, 6.45) is 4.71. The van der Waals surface area contributed by atoms with Gasteiger partial charge in [0.25, 0.3) is 0 Å². The number of hydrogen-bond donors (Lipinski definition) is 0. The topological polar surface area (TPSA) is 92.8 Å². The van der Waals surface area contributed by atoms with Crippen LogP contribution in [0.3, 0.4) is 0 Å². The molecule has 30 heavy (non-hydrogen) atoms.